The molecule has 1 aromatic heterocycles. The van der Waals surface area contributed by atoms with Crippen LogP contribution < -0.4 is 14.8 Å². The van der Waals surface area contributed by atoms with Crippen LogP contribution in [0.15, 0.2) is 42.6 Å². The fraction of sp³-hybridized carbons (Fsp3) is 0.476. The Bertz CT molecular complexity index is 753. The van der Waals surface area contributed by atoms with Gasteiger partial charge in [-0.1, -0.05) is 12.5 Å². The monoisotopic (exact) mass is 394 g/mol. The number of halogens is 3. The highest BCUT2D eigenvalue weighted by atomic mass is 19.4. The van der Waals surface area contributed by atoms with Gasteiger partial charge >= 0.3 is 6.18 Å². The molecule has 1 aromatic carbocycles. The van der Waals surface area contributed by atoms with Crippen LogP contribution in [0, 0.1) is 5.92 Å². The summed E-state index contributed by atoms with van der Waals surface area (Å²) < 4.78 is 50.3. The van der Waals surface area contributed by atoms with Gasteiger partial charge in [0.2, 0.25) is 0 Å². The van der Waals surface area contributed by atoms with E-state index in [1.807, 2.05) is 30.3 Å². The molecule has 28 heavy (non-hydrogen) atoms. The van der Waals surface area contributed by atoms with Crippen LogP contribution in [0.4, 0.5) is 13.2 Å². The molecule has 1 aliphatic carbocycles. The van der Waals surface area contributed by atoms with E-state index in [1.54, 1.807) is 19.4 Å². The van der Waals surface area contributed by atoms with Gasteiger partial charge in [0.1, 0.15) is 18.1 Å². The zero-order valence-corrected chi connectivity index (χ0v) is 15.8. The van der Waals surface area contributed by atoms with E-state index in [9.17, 15) is 13.2 Å². The van der Waals surface area contributed by atoms with Crippen molar-refractivity contribution in [1.82, 2.24) is 10.3 Å². The van der Waals surface area contributed by atoms with Gasteiger partial charge in [-0.05, 0) is 49.6 Å². The predicted octanol–water partition coefficient (Wildman–Crippen LogP) is 4.88. The van der Waals surface area contributed by atoms with E-state index in [4.69, 9.17) is 9.47 Å². The summed E-state index contributed by atoms with van der Waals surface area (Å²) >= 11 is 0. The van der Waals surface area contributed by atoms with E-state index in [0.29, 0.717) is 31.1 Å². The van der Waals surface area contributed by atoms with Crippen molar-refractivity contribution in [2.45, 2.75) is 51.1 Å². The zero-order valence-electron chi connectivity index (χ0n) is 15.8. The summed E-state index contributed by atoms with van der Waals surface area (Å²) in [6.07, 6.45) is -0.733. The van der Waals surface area contributed by atoms with Crippen LogP contribution in [-0.2, 0) is 13.2 Å². The first-order valence-electron chi connectivity index (χ1n) is 9.45. The molecule has 2 atom stereocenters. The molecule has 1 heterocycles. The molecule has 2 unspecified atom stereocenters. The second kappa shape index (κ2) is 9.28. The van der Waals surface area contributed by atoms with Crippen LogP contribution in [0.25, 0.3) is 0 Å². The van der Waals surface area contributed by atoms with Crippen molar-refractivity contribution in [2.24, 2.45) is 5.92 Å². The maximum absolute atomic E-state index is 13.0. The van der Waals surface area contributed by atoms with Crippen LogP contribution in [0.3, 0.4) is 0 Å². The number of methoxy groups -OCH3 is 1. The Kier molecular flexibility index (Phi) is 6.78. The second-order valence-electron chi connectivity index (χ2n) is 7.07. The molecule has 1 N–H and O–H groups in total. The van der Waals surface area contributed by atoms with Gasteiger partial charge in [0.25, 0.3) is 0 Å². The van der Waals surface area contributed by atoms with Crippen LogP contribution >= 0.6 is 0 Å². The molecule has 7 heteroatoms. The smallest absolute Gasteiger partial charge is 0.391 e. The summed E-state index contributed by atoms with van der Waals surface area (Å²) in [6.45, 7) is 0.740. The largest absolute Gasteiger partial charge is 0.497 e. The van der Waals surface area contributed by atoms with E-state index in [1.165, 1.54) is 0 Å². The fourth-order valence-corrected chi connectivity index (χ4v) is 3.52. The van der Waals surface area contributed by atoms with Crippen molar-refractivity contribution < 1.29 is 22.6 Å². The highest BCUT2D eigenvalue weighted by Crippen LogP contribution is 2.37. The number of nitrogens with one attached hydrogen (secondary N) is 1. The molecule has 2 aromatic rings. The number of nitrogens with zero attached hydrogens (tertiary/aromatic N) is 1. The lowest BCUT2D eigenvalue weighted by Crippen LogP contribution is -2.38. The van der Waals surface area contributed by atoms with Gasteiger partial charge in [-0.2, -0.15) is 13.2 Å². The summed E-state index contributed by atoms with van der Waals surface area (Å²) in [5, 5.41) is 3.28. The molecule has 1 fully saturated rings. The van der Waals surface area contributed by atoms with Crippen molar-refractivity contribution >= 4 is 0 Å². The van der Waals surface area contributed by atoms with Crippen molar-refractivity contribution in [3.05, 3.63) is 53.9 Å². The Morgan fingerprint density at radius 1 is 1.18 bits per heavy atom. The average Bonchev–Trinajstić information content (AvgIpc) is 2.71. The second-order valence-corrected chi connectivity index (χ2v) is 7.07. The van der Waals surface area contributed by atoms with Gasteiger partial charge in [-0.3, -0.25) is 4.98 Å². The van der Waals surface area contributed by atoms with Crippen molar-refractivity contribution in [3.63, 3.8) is 0 Å². The molecular formula is C21H25F3N2O2. The first-order valence-corrected chi connectivity index (χ1v) is 9.45. The van der Waals surface area contributed by atoms with E-state index in [2.05, 4.69) is 10.3 Å². The molecule has 4 nitrogen and oxygen atoms in total. The zero-order chi connectivity index (χ0) is 20.0. The molecule has 3 rings (SSSR count). The first-order chi connectivity index (χ1) is 13.5. The van der Waals surface area contributed by atoms with Crippen LogP contribution in [-0.4, -0.2) is 24.3 Å². The van der Waals surface area contributed by atoms with Gasteiger partial charge in [0, 0.05) is 24.3 Å². The minimum absolute atomic E-state index is 0.123. The lowest BCUT2D eigenvalue weighted by atomic mass is 9.85. The highest BCUT2D eigenvalue weighted by molar-refractivity contribution is 5.40. The predicted molar refractivity (Wildman–Crippen MR) is 100 cm³/mol. The third kappa shape index (κ3) is 5.61. The summed E-state index contributed by atoms with van der Waals surface area (Å²) in [6, 6.07) is 10.9. The topological polar surface area (TPSA) is 43.4 Å². The molecule has 0 saturated heterocycles. The molecule has 0 spiro atoms. The quantitative estimate of drug-likeness (QED) is 0.727. The summed E-state index contributed by atoms with van der Waals surface area (Å²) in [7, 11) is 1.58. The molecule has 152 valence electrons. The minimum atomic E-state index is -4.12. The Morgan fingerprint density at radius 2 is 2.04 bits per heavy atom. The molecule has 0 amide bonds. The van der Waals surface area contributed by atoms with Gasteiger partial charge in [-0.15, -0.1) is 0 Å². The lowest BCUT2D eigenvalue weighted by Gasteiger charge is -2.31. The maximum atomic E-state index is 13.0. The normalized spacial score (nSPS) is 20.0. The first kappa shape index (κ1) is 20.5. The Hall–Kier alpha value is -2.28. The van der Waals surface area contributed by atoms with Gasteiger partial charge < -0.3 is 14.8 Å². The molecule has 0 aliphatic heterocycles. The number of ether oxygens (including phenoxy) is 2. The van der Waals surface area contributed by atoms with Crippen molar-refractivity contribution in [3.8, 4) is 11.5 Å². The number of rotatable bonds is 7. The Labute approximate surface area is 163 Å². The van der Waals surface area contributed by atoms with Crippen LogP contribution in [0.1, 0.15) is 36.9 Å². The Morgan fingerprint density at radius 3 is 2.75 bits per heavy atom. The molecule has 1 saturated carbocycles. The number of alkyl halides is 3. The maximum Gasteiger partial charge on any atom is 0.391 e. The van der Waals surface area contributed by atoms with Crippen LogP contribution in [0.5, 0.6) is 11.5 Å². The van der Waals surface area contributed by atoms with Gasteiger partial charge in [0.15, 0.2) is 0 Å². The highest BCUT2D eigenvalue weighted by Gasteiger charge is 2.42. The number of hydrogen-bond acceptors (Lipinski definition) is 4. The van der Waals surface area contributed by atoms with E-state index in [-0.39, 0.29) is 18.9 Å². The number of pyridine rings is 1. The van der Waals surface area contributed by atoms with E-state index < -0.39 is 12.1 Å². The summed E-state index contributed by atoms with van der Waals surface area (Å²) in [4.78, 5) is 4.24. The van der Waals surface area contributed by atoms with Crippen molar-refractivity contribution in [2.75, 3.05) is 7.11 Å². The lowest BCUT2D eigenvalue weighted by molar-refractivity contribution is -0.183. The summed E-state index contributed by atoms with van der Waals surface area (Å²) in [5.74, 6) is 0.130. The van der Waals surface area contributed by atoms with E-state index >= 15 is 0 Å². The van der Waals surface area contributed by atoms with Crippen LogP contribution in [0.2, 0.25) is 0 Å². The fourth-order valence-electron chi connectivity index (χ4n) is 3.52. The third-order valence-electron chi connectivity index (χ3n) is 5.09. The summed E-state index contributed by atoms with van der Waals surface area (Å²) in [5.41, 5.74) is 1.65. The minimum Gasteiger partial charge on any atom is -0.497 e. The molecule has 0 bridgehead atoms. The Balaban J connectivity index is 1.64. The third-order valence-corrected chi connectivity index (χ3v) is 5.09. The SMILES string of the molecule is COc1ccc(OCc2ccccn2)c(CNC2CCCC(C(F)(F)F)C2)c1. The van der Waals surface area contributed by atoms with E-state index in [0.717, 1.165) is 17.7 Å². The standard InChI is InChI=1S/C21H25F3N2O2/c1-27-19-8-9-20(28-14-18-6-2-3-10-25-18)15(11-19)13-26-17-7-4-5-16(12-17)21(22,23)24/h2-3,6,8-11,16-17,26H,4-5,7,12-14H2,1H3. The number of aromatic nitrogens is 1. The molecule has 1 aliphatic rings. The average molecular weight is 394 g/mol. The van der Waals surface area contributed by atoms with Gasteiger partial charge in [-0.25, -0.2) is 0 Å². The number of benzene rings is 1. The molecular weight excluding hydrogens is 369 g/mol. The van der Waals surface area contributed by atoms with Gasteiger partial charge in [0.05, 0.1) is 18.7 Å². The molecule has 0 radical (unpaired) electrons. The number of hydrogen-bond donors (Lipinski definition) is 1. The van der Waals surface area contributed by atoms with Crippen molar-refractivity contribution in [1.29, 1.82) is 0 Å².